The van der Waals surface area contributed by atoms with Crippen LogP contribution in [-0.4, -0.2) is 65.8 Å². The summed E-state index contributed by atoms with van der Waals surface area (Å²) in [5, 5.41) is 14.4. The van der Waals surface area contributed by atoms with E-state index in [-0.39, 0.29) is 24.2 Å². The molecule has 0 fully saturated rings. The molecule has 0 aromatic heterocycles. The van der Waals surface area contributed by atoms with Crippen LogP contribution in [0.25, 0.3) is 11.1 Å². The number of alkyl carbamates (subject to hydrolysis) is 1. The lowest BCUT2D eigenvalue weighted by Crippen LogP contribution is -2.42. The molecule has 7 nitrogen and oxygen atoms in total. The first kappa shape index (κ1) is 25.0. The number of amides is 2. The first-order valence-electron chi connectivity index (χ1n) is 10.7. The number of aliphatic carboxylic acids is 1. The van der Waals surface area contributed by atoms with Crippen LogP contribution in [0.3, 0.4) is 0 Å². The number of carbonyl (C=O) groups is 3. The Hall–Kier alpha value is -2.65. The number of rotatable bonds is 12. The molecule has 0 unspecified atom stereocenters. The molecule has 3 rings (SSSR count). The highest BCUT2D eigenvalue weighted by Crippen LogP contribution is 2.44. The van der Waals surface area contributed by atoms with Crippen LogP contribution in [0.2, 0.25) is 0 Å². The van der Waals surface area contributed by atoms with Crippen molar-refractivity contribution >= 4 is 41.5 Å². The largest absolute Gasteiger partial charge is 0.480 e. The Balaban J connectivity index is 1.36. The van der Waals surface area contributed by atoms with Crippen molar-refractivity contribution in [3.05, 3.63) is 59.7 Å². The summed E-state index contributed by atoms with van der Waals surface area (Å²) in [6.45, 7) is 0.603. The van der Waals surface area contributed by atoms with E-state index in [1.165, 1.54) is 34.7 Å². The van der Waals surface area contributed by atoms with Gasteiger partial charge in [-0.2, -0.15) is 23.5 Å². The fourth-order valence-electron chi connectivity index (χ4n) is 3.77. The van der Waals surface area contributed by atoms with E-state index in [2.05, 4.69) is 34.9 Å². The summed E-state index contributed by atoms with van der Waals surface area (Å²) in [6, 6.07) is 15.4. The van der Waals surface area contributed by atoms with Crippen molar-refractivity contribution in [1.29, 1.82) is 0 Å². The minimum atomic E-state index is -1.03. The van der Waals surface area contributed by atoms with Crippen molar-refractivity contribution in [1.82, 2.24) is 10.6 Å². The van der Waals surface area contributed by atoms with Crippen molar-refractivity contribution in [2.45, 2.75) is 18.4 Å². The summed E-state index contributed by atoms with van der Waals surface area (Å²) in [6.07, 6.45) is 1.78. The zero-order valence-corrected chi connectivity index (χ0v) is 20.0. The van der Waals surface area contributed by atoms with Crippen LogP contribution >= 0.6 is 23.5 Å². The van der Waals surface area contributed by atoms with E-state index < -0.39 is 18.1 Å². The molecule has 0 aliphatic heterocycles. The monoisotopic (exact) mass is 488 g/mol. The molecule has 176 valence electrons. The van der Waals surface area contributed by atoms with Gasteiger partial charge in [-0.1, -0.05) is 48.5 Å². The predicted octanol–water partition coefficient (Wildman–Crippen LogP) is 3.58. The number of thioether (sulfide) groups is 2. The molecule has 2 amide bonds. The first-order chi connectivity index (χ1) is 16.0. The number of carboxylic acid groups (broad SMARTS) is 1. The van der Waals surface area contributed by atoms with Gasteiger partial charge in [0.1, 0.15) is 12.6 Å². The topological polar surface area (TPSA) is 105 Å². The molecule has 2 aromatic carbocycles. The predicted molar refractivity (Wildman–Crippen MR) is 133 cm³/mol. The number of benzene rings is 2. The molecule has 33 heavy (non-hydrogen) atoms. The molecule has 0 saturated carbocycles. The third kappa shape index (κ3) is 6.91. The fourth-order valence-corrected chi connectivity index (χ4v) is 4.90. The van der Waals surface area contributed by atoms with Crippen LogP contribution in [0.15, 0.2) is 48.5 Å². The van der Waals surface area contributed by atoms with Crippen LogP contribution in [0.5, 0.6) is 0 Å². The summed E-state index contributed by atoms with van der Waals surface area (Å²) in [7, 11) is 0. The average molecular weight is 489 g/mol. The van der Waals surface area contributed by atoms with Crippen molar-refractivity contribution in [3.8, 4) is 11.1 Å². The number of ether oxygens (including phenoxy) is 1. The molecule has 2 aromatic rings. The Morgan fingerprint density at radius 2 is 1.67 bits per heavy atom. The number of fused-ring (bicyclic) bond motifs is 3. The van der Waals surface area contributed by atoms with Crippen molar-refractivity contribution in [3.63, 3.8) is 0 Å². The van der Waals surface area contributed by atoms with Crippen molar-refractivity contribution in [2.75, 3.05) is 36.7 Å². The number of hydrogen-bond acceptors (Lipinski definition) is 6. The maximum atomic E-state index is 12.2. The number of carbonyl (C=O) groups excluding carboxylic acids is 2. The lowest BCUT2D eigenvalue weighted by Gasteiger charge is -2.15. The number of hydrogen-bond donors (Lipinski definition) is 3. The summed E-state index contributed by atoms with van der Waals surface area (Å²) >= 11 is 2.86. The second-order valence-electron chi connectivity index (χ2n) is 7.54. The van der Waals surface area contributed by atoms with E-state index in [1.54, 1.807) is 0 Å². The van der Waals surface area contributed by atoms with E-state index in [4.69, 9.17) is 9.84 Å². The second kappa shape index (κ2) is 12.6. The maximum absolute atomic E-state index is 12.2. The van der Waals surface area contributed by atoms with E-state index in [1.807, 2.05) is 30.5 Å². The van der Waals surface area contributed by atoms with Crippen LogP contribution in [-0.2, 0) is 14.3 Å². The van der Waals surface area contributed by atoms with Gasteiger partial charge in [0.25, 0.3) is 0 Å². The minimum Gasteiger partial charge on any atom is -0.480 e. The van der Waals surface area contributed by atoms with Gasteiger partial charge in [-0.15, -0.1) is 0 Å². The Morgan fingerprint density at radius 3 is 2.27 bits per heavy atom. The van der Waals surface area contributed by atoms with Gasteiger partial charge in [-0.05, 0) is 40.7 Å². The summed E-state index contributed by atoms with van der Waals surface area (Å²) in [5.74, 6) is -0.0344. The molecule has 1 aliphatic rings. The van der Waals surface area contributed by atoms with E-state index in [0.29, 0.717) is 24.5 Å². The summed E-state index contributed by atoms with van der Waals surface area (Å²) < 4.78 is 5.48. The van der Waals surface area contributed by atoms with Gasteiger partial charge in [-0.3, -0.25) is 4.79 Å². The highest BCUT2D eigenvalue weighted by molar-refractivity contribution is 8.00. The van der Waals surface area contributed by atoms with Crippen LogP contribution in [0.4, 0.5) is 4.79 Å². The maximum Gasteiger partial charge on any atom is 0.407 e. The van der Waals surface area contributed by atoms with Gasteiger partial charge in [0.15, 0.2) is 0 Å². The van der Waals surface area contributed by atoms with E-state index >= 15 is 0 Å². The van der Waals surface area contributed by atoms with Gasteiger partial charge in [-0.25, -0.2) is 9.59 Å². The van der Waals surface area contributed by atoms with Gasteiger partial charge >= 0.3 is 12.1 Å². The lowest BCUT2D eigenvalue weighted by atomic mass is 9.98. The van der Waals surface area contributed by atoms with E-state index in [9.17, 15) is 14.4 Å². The average Bonchev–Trinajstić information content (AvgIpc) is 3.13. The molecule has 0 spiro atoms. The van der Waals surface area contributed by atoms with Gasteiger partial charge < -0.3 is 20.5 Å². The van der Waals surface area contributed by atoms with E-state index in [0.717, 1.165) is 11.1 Å². The molecule has 1 aliphatic carbocycles. The van der Waals surface area contributed by atoms with Crippen LogP contribution in [0, 0.1) is 0 Å². The third-order valence-corrected chi connectivity index (χ3v) is 6.94. The first-order valence-corrected chi connectivity index (χ1v) is 13.2. The normalized spacial score (nSPS) is 13.0. The molecule has 0 bridgehead atoms. The Bertz CT molecular complexity index is 939. The minimum absolute atomic E-state index is 0.00881. The summed E-state index contributed by atoms with van der Waals surface area (Å²) in [5.41, 5.74) is 4.67. The standard InChI is InChI=1S/C24H28N2O5S2/c1-32-12-10-21(23(28)29)26-22(27)15-33-13-11-25-24(30)31-14-20-18-8-4-2-6-16(18)17-7-3-5-9-19(17)20/h2-9,20-21H,10-15H2,1H3,(H,25,30)(H,26,27)(H,28,29)/t21-/m0/s1. The third-order valence-electron chi connectivity index (χ3n) is 5.34. The Labute approximate surface area is 202 Å². The zero-order valence-electron chi connectivity index (χ0n) is 18.4. The zero-order chi connectivity index (χ0) is 23.6. The Kier molecular flexibility index (Phi) is 9.50. The van der Waals surface area contributed by atoms with Crippen LogP contribution < -0.4 is 10.6 Å². The number of nitrogens with one attached hydrogen (secondary N) is 2. The quantitative estimate of drug-likeness (QED) is 0.392. The smallest absolute Gasteiger partial charge is 0.407 e. The molecular weight excluding hydrogens is 460 g/mol. The molecule has 3 N–H and O–H groups in total. The van der Waals surface area contributed by atoms with Gasteiger partial charge in [0.2, 0.25) is 5.91 Å². The summed E-state index contributed by atoms with van der Waals surface area (Å²) in [4.78, 5) is 35.3. The van der Waals surface area contributed by atoms with Crippen molar-refractivity contribution in [2.24, 2.45) is 0 Å². The molecule has 0 heterocycles. The molecule has 9 heteroatoms. The highest BCUT2D eigenvalue weighted by Gasteiger charge is 2.29. The number of carboxylic acids is 1. The highest BCUT2D eigenvalue weighted by atomic mass is 32.2. The Morgan fingerprint density at radius 1 is 1.03 bits per heavy atom. The van der Waals surface area contributed by atoms with Crippen LogP contribution in [0.1, 0.15) is 23.5 Å². The lowest BCUT2D eigenvalue weighted by molar-refractivity contribution is -0.141. The van der Waals surface area contributed by atoms with Crippen molar-refractivity contribution < 1.29 is 24.2 Å². The fraction of sp³-hybridized carbons (Fsp3) is 0.375. The van der Waals surface area contributed by atoms with Gasteiger partial charge in [0, 0.05) is 18.2 Å². The SMILES string of the molecule is CSCC[C@H](NC(=O)CSCCNC(=O)OCC1c2ccccc2-c2ccccc21)C(=O)O. The molecular formula is C24H28N2O5S2. The second-order valence-corrected chi connectivity index (χ2v) is 9.64. The molecule has 0 saturated heterocycles. The van der Waals surface area contributed by atoms with Gasteiger partial charge in [0.05, 0.1) is 5.75 Å². The molecule has 0 radical (unpaired) electrons. The molecule has 1 atom stereocenters.